The maximum absolute atomic E-state index is 12.2. The van der Waals surface area contributed by atoms with E-state index in [1.807, 2.05) is 32.9 Å². The Bertz CT molecular complexity index is 371. The third-order valence-corrected chi connectivity index (χ3v) is 4.86. The second kappa shape index (κ2) is 4.59. The van der Waals surface area contributed by atoms with Crippen molar-refractivity contribution in [2.45, 2.75) is 50.3 Å². The van der Waals surface area contributed by atoms with Crippen LogP contribution in [0.5, 0.6) is 0 Å². The lowest BCUT2D eigenvalue weighted by Gasteiger charge is -2.43. The van der Waals surface area contributed by atoms with Crippen LogP contribution >= 0.6 is 0 Å². The molecule has 1 atom stereocenters. The molecule has 4 heteroatoms. The molecule has 1 unspecified atom stereocenters. The quantitative estimate of drug-likeness (QED) is 0.839. The molecule has 1 N–H and O–H groups in total. The van der Waals surface area contributed by atoms with E-state index in [0.29, 0.717) is 0 Å². The molecule has 17 heavy (non-hydrogen) atoms. The third kappa shape index (κ3) is 2.64. The van der Waals surface area contributed by atoms with Crippen LogP contribution in [0.4, 0.5) is 0 Å². The minimum Gasteiger partial charge on any atom is -0.598 e. The molecule has 1 aliphatic carbocycles. The van der Waals surface area contributed by atoms with Crippen LogP contribution in [0, 0.1) is 6.20 Å². The minimum absolute atomic E-state index is 0.174. The van der Waals surface area contributed by atoms with Crippen LogP contribution < -0.4 is 4.72 Å². The van der Waals surface area contributed by atoms with Gasteiger partial charge in [-0.05, 0) is 46.1 Å². The van der Waals surface area contributed by atoms with Crippen LogP contribution in [0.2, 0.25) is 0 Å². The molecule has 1 aliphatic rings. The highest BCUT2D eigenvalue weighted by Crippen LogP contribution is 2.42. The van der Waals surface area contributed by atoms with Crippen LogP contribution in [0.25, 0.3) is 0 Å². The Morgan fingerprint density at radius 1 is 1.47 bits per heavy atom. The number of nitrogens with zero attached hydrogens (tertiary/aromatic N) is 1. The summed E-state index contributed by atoms with van der Waals surface area (Å²) in [7, 11) is 0. The number of pyridine rings is 1. The molecular formula is C13H19N2OS. The highest BCUT2D eigenvalue weighted by atomic mass is 32.2. The number of aromatic nitrogens is 1. The Hall–Kier alpha value is -0.580. The van der Waals surface area contributed by atoms with Gasteiger partial charge in [0.2, 0.25) is 0 Å². The third-order valence-electron chi connectivity index (χ3n) is 3.18. The number of hydrogen-bond donors (Lipinski definition) is 1. The molecule has 0 aliphatic heterocycles. The summed E-state index contributed by atoms with van der Waals surface area (Å²) >= 11 is -1.05. The van der Waals surface area contributed by atoms with Crippen LogP contribution in [-0.4, -0.2) is 14.3 Å². The first-order valence-corrected chi connectivity index (χ1v) is 7.12. The summed E-state index contributed by atoms with van der Waals surface area (Å²) in [5.41, 5.74) is 0.857. The van der Waals surface area contributed by atoms with Crippen molar-refractivity contribution in [3.8, 4) is 0 Å². The summed E-state index contributed by atoms with van der Waals surface area (Å²) in [5.74, 6) is 0. The number of hydrogen-bond acceptors (Lipinski definition) is 3. The van der Waals surface area contributed by atoms with E-state index >= 15 is 0 Å². The molecule has 1 fully saturated rings. The number of nitrogens with one attached hydrogen (secondary N) is 1. The van der Waals surface area contributed by atoms with Gasteiger partial charge in [-0.1, -0.05) is 6.07 Å². The Labute approximate surface area is 106 Å². The lowest BCUT2D eigenvalue weighted by Crippen LogP contribution is -2.55. The van der Waals surface area contributed by atoms with Crippen molar-refractivity contribution < 1.29 is 4.55 Å². The summed E-state index contributed by atoms with van der Waals surface area (Å²) in [5, 5.41) is 0. The van der Waals surface area contributed by atoms with E-state index in [1.165, 1.54) is 0 Å². The first-order valence-electron chi connectivity index (χ1n) is 5.97. The van der Waals surface area contributed by atoms with Crippen molar-refractivity contribution >= 4 is 11.4 Å². The molecule has 1 aromatic rings. The van der Waals surface area contributed by atoms with Gasteiger partial charge in [-0.25, -0.2) is 0 Å². The molecule has 1 heterocycles. The predicted octanol–water partition coefficient (Wildman–Crippen LogP) is 2.31. The fraction of sp³-hybridized carbons (Fsp3) is 0.615. The standard InChI is InChI=1S/C13H19N2OS/c1-12(2,3)17(16)15-13(7-5-8-13)11-6-4-9-14-10-11/h4,6,9,15H,5,7-8H2,1-3H3. The predicted molar refractivity (Wildman–Crippen MR) is 69.6 cm³/mol. The highest BCUT2D eigenvalue weighted by Gasteiger charge is 2.45. The van der Waals surface area contributed by atoms with Crippen molar-refractivity contribution in [1.29, 1.82) is 0 Å². The second-order valence-electron chi connectivity index (χ2n) is 5.58. The van der Waals surface area contributed by atoms with Gasteiger partial charge in [0.05, 0.1) is 11.7 Å². The lowest BCUT2D eigenvalue weighted by atomic mass is 9.73. The Morgan fingerprint density at radius 3 is 2.59 bits per heavy atom. The zero-order chi connectivity index (χ0) is 12.5. The second-order valence-corrected chi connectivity index (χ2v) is 7.55. The summed E-state index contributed by atoms with van der Waals surface area (Å²) in [6.45, 7) is 5.94. The highest BCUT2D eigenvalue weighted by molar-refractivity contribution is 7.90. The molecule has 1 saturated carbocycles. The van der Waals surface area contributed by atoms with Gasteiger partial charge in [-0.2, -0.15) is 0 Å². The normalized spacial score (nSPS) is 20.7. The average Bonchev–Trinajstić information content (AvgIpc) is 2.23. The Morgan fingerprint density at radius 2 is 2.18 bits per heavy atom. The van der Waals surface area contributed by atoms with Crippen molar-refractivity contribution in [2.24, 2.45) is 0 Å². The lowest BCUT2D eigenvalue weighted by molar-refractivity contribution is 0.221. The van der Waals surface area contributed by atoms with Gasteiger partial charge in [0.1, 0.15) is 4.75 Å². The maximum Gasteiger partial charge on any atom is 0.136 e. The van der Waals surface area contributed by atoms with Gasteiger partial charge in [0.15, 0.2) is 0 Å². The molecule has 93 valence electrons. The average molecular weight is 251 g/mol. The van der Waals surface area contributed by atoms with Crippen LogP contribution in [0.15, 0.2) is 18.3 Å². The molecule has 1 radical (unpaired) electrons. The minimum atomic E-state index is -1.05. The van der Waals surface area contributed by atoms with Gasteiger partial charge in [-0.3, -0.25) is 4.98 Å². The van der Waals surface area contributed by atoms with E-state index in [1.54, 1.807) is 6.20 Å². The van der Waals surface area contributed by atoms with Crippen molar-refractivity contribution in [3.05, 3.63) is 30.1 Å². The molecule has 1 aromatic heterocycles. The first kappa shape index (κ1) is 12.9. The molecule has 0 saturated heterocycles. The van der Waals surface area contributed by atoms with Gasteiger partial charge in [0, 0.05) is 23.1 Å². The summed E-state index contributed by atoms with van der Waals surface area (Å²) in [4.78, 5) is 4.04. The molecule has 0 bridgehead atoms. The van der Waals surface area contributed by atoms with Gasteiger partial charge < -0.3 is 4.55 Å². The Balaban J connectivity index is 2.16. The SMILES string of the molecule is CC(C)(C)[S+]([O-])NC1(c2[c]nccc2)CCC1. The van der Waals surface area contributed by atoms with Crippen molar-refractivity contribution in [1.82, 2.24) is 9.71 Å². The molecule has 0 aromatic carbocycles. The smallest absolute Gasteiger partial charge is 0.136 e. The summed E-state index contributed by atoms with van der Waals surface area (Å²) in [6.07, 6.45) is 7.93. The van der Waals surface area contributed by atoms with Crippen LogP contribution in [0.1, 0.15) is 45.6 Å². The zero-order valence-corrected chi connectivity index (χ0v) is 11.4. The van der Waals surface area contributed by atoms with Gasteiger partial charge >= 0.3 is 0 Å². The van der Waals surface area contributed by atoms with Gasteiger partial charge in [-0.15, -0.1) is 4.72 Å². The van der Waals surface area contributed by atoms with Crippen molar-refractivity contribution in [2.75, 3.05) is 0 Å². The molecule has 0 spiro atoms. The molecule has 2 rings (SSSR count). The van der Waals surface area contributed by atoms with E-state index in [0.717, 1.165) is 24.8 Å². The van der Waals surface area contributed by atoms with E-state index in [9.17, 15) is 4.55 Å². The van der Waals surface area contributed by atoms with E-state index in [-0.39, 0.29) is 10.3 Å². The maximum atomic E-state index is 12.2. The van der Waals surface area contributed by atoms with E-state index in [2.05, 4.69) is 15.9 Å². The van der Waals surface area contributed by atoms with Crippen LogP contribution in [-0.2, 0) is 16.9 Å². The Kier molecular flexibility index (Phi) is 3.48. The van der Waals surface area contributed by atoms with E-state index in [4.69, 9.17) is 0 Å². The topological polar surface area (TPSA) is 48.0 Å². The van der Waals surface area contributed by atoms with Crippen LogP contribution in [0.3, 0.4) is 0 Å². The molecular weight excluding hydrogens is 232 g/mol. The zero-order valence-electron chi connectivity index (χ0n) is 10.6. The van der Waals surface area contributed by atoms with E-state index < -0.39 is 11.4 Å². The fourth-order valence-electron chi connectivity index (χ4n) is 1.88. The summed E-state index contributed by atoms with van der Waals surface area (Å²) < 4.78 is 15.3. The molecule has 0 amide bonds. The largest absolute Gasteiger partial charge is 0.598 e. The van der Waals surface area contributed by atoms with Crippen molar-refractivity contribution in [3.63, 3.8) is 0 Å². The van der Waals surface area contributed by atoms with Gasteiger partial charge in [0.25, 0.3) is 0 Å². The fourth-order valence-corrected chi connectivity index (χ4v) is 2.86. The molecule has 3 nitrogen and oxygen atoms in total. The first-order chi connectivity index (χ1) is 7.94. The number of rotatable bonds is 3. The monoisotopic (exact) mass is 251 g/mol. The summed E-state index contributed by atoms with van der Waals surface area (Å²) in [6, 6.07) is 3.92.